The lowest BCUT2D eigenvalue weighted by Crippen LogP contribution is -2.49. The Hall–Kier alpha value is -6.00. The van der Waals surface area contributed by atoms with Crippen LogP contribution < -0.4 is 36.0 Å². The van der Waals surface area contributed by atoms with Gasteiger partial charge in [0.05, 0.1) is 66.5 Å². The number of fused-ring (bicyclic) bond motifs is 5. The molecule has 0 unspecified atom stereocenters. The number of allylic oxidation sites excluding steroid dienone is 2. The molecule has 8 rings (SSSR count). The molecular formula is C40H38ClFN6O9. The number of aromatic nitrogens is 5. The first-order valence-electron chi connectivity index (χ1n) is 18.2. The smallest absolute Gasteiger partial charge is 0.347 e. The molecule has 0 radical (unpaired) electrons. The van der Waals surface area contributed by atoms with E-state index in [1.165, 1.54) is 40.3 Å². The minimum Gasteiger partial charge on any atom is -0.493 e. The van der Waals surface area contributed by atoms with Crippen LogP contribution in [0.5, 0.6) is 17.2 Å². The maximum atomic E-state index is 14.6. The highest BCUT2D eigenvalue weighted by molar-refractivity contribution is 6.31. The number of halogens is 2. The van der Waals surface area contributed by atoms with Crippen LogP contribution in [0.25, 0.3) is 11.0 Å². The standard InChI is InChI=1S/C40H38ClFN6O9/c1-40-25(35(50)47(37(40)52)22-7-10-27(42)26(41)17-22)18-30-24(34(40)21-5-8-23(9-6-21)57-16-15-49)11-14-46-38(53)45(39(54)48(30)46)13-12-28-36(51)44(2)31-20-33(56-4)32(55-3)19-29(31)43-28/h5-11,17,19-20,25,30,34,49H,12-16,18H2,1-4H3/t25-,30+,34-,40+/m0/s1. The van der Waals surface area contributed by atoms with E-state index in [0.29, 0.717) is 39.4 Å². The van der Waals surface area contributed by atoms with Gasteiger partial charge < -0.3 is 23.9 Å². The van der Waals surface area contributed by atoms with Gasteiger partial charge in [0.1, 0.15) is 23.9 Å². The van der Waals surface area contributed by atoms with Crippen LogP contribution in [0.2, 0.25) is 5.02 Å². The molecule has 3 aliphatic rings. The van der Waals surface area contributed by atoms with Crippen LogP contribution in [0.4, 0.5) is 10.1 Å². The van der Waals surface area contributed by atoms with Crippen molar-refractivity contribution in [2.75, 3.05) is 32.3 Å². The normalized spacial score (nSPS) is 21.3. The minimum absolute atomic E-state index is 0.00110. The van der Waals surface area contributed by atoms with E-state index in [0.717, 1.165) is 15.5 Å². The van der Waals surface area contributed by atoms with E-state index in [9.17, 15) is 33.5 Å². The van der Waals surface area contributed by atoms with Crippen LogP contribution >= 0.6 is 11.6 Å². The summed E-state index contributed by atoms with van der Waals surface area (Å²) in [6, 6.07) is 13.1. The van der Waals surface area contributed by atoms with E-state index in [4.69, 9.17) is 25.8 Å². The van der Waals surface area contributed by atoms with Gasteiger partial charge in [-0.2, -0.15) is 0 Å². The van der Waals surface area contributed by atoms with Crippen molar-refractivity contribution < 1.29 is 33.3 Å². The van der Waals surface area contributed by atoms with Crippen molar-refractivity contribution in [3.8, 4) is 17.2 Å². The van der Waals surface area contributed by atoms with Crippen molar-refractivity contribution in [3.63, 3.8) is 0 Å². The number of amides is 2. The van der Waals surface area contributed by atoms with Crippen LogP contribution in [0.3, 0.4) is 0 Å². The molecule has 2 amide bonds. The molecule has 1 N–H and O–H groups in total. The molecule has 1 saturated heterocycles. The topological polar surface area (TPSA) is 169 Å². The van der Waals surface area contributed by atoms with E-state index < -0.39 is 57.9 Å². The van der Waals surface area contributed by atoms with Gasteiger partial charge >= 0.3 is 11.4 Å². The zero-order valence-electron chi connectivity index (χ0n) is 31.4. The molecule has 1 saturated carbocycles. The number of anilines is 1. The third-order valence-electron chi connectivity index (χ3n) is 11.6. The lowest BCUT2D eigenvalue weighted by atomic mass is 9.56. The van der Waals surface area contributed by atoms with Crippen molar-refractivity contribution in [1.29, 1.82) is 0 Å². The van der Waals surface area contributed by atoms with Crippen LogP contribution in [0.15, 0.2) is 80.6 Å². The van der Waals surface area contributed by atoms with Gasteiger partial charge in [-0.1, -0.05) is 29.8 Å². The highest BCUT2D eigenvalue weighted by atomic mass is 35.5. The van der Waals surface area contributed by atoms with Crippen LogP contribution in [0, 0.1) is 17.2 Å². The average molecular weight is 801 g/mol. The first-order chi connectivity index (χ1) is 27.3. The molecule has 2 fully saturated rings. The van der Waals surface area contributed by atoms with Gasteiger partial charge in [0.15, 0.2) is 11.5 Å². The van der Waals surface area contributed by atoms with E-state index in [1.54, 1.807) is 50.4 Å². The molecule has 0 bridgehead atoms. The molecule has 57 heavy (non-hydrogen) atoms. The molecule has 15 nitrogen and oxygen atoms in total. The maximum Gasteiger partial charge on any atom is 0.347 e. The Morgan fingerprint density at radius 3 is 2.39 bits per heavy atom. The summed E-state index contributed by atoms with van der Waals surface area (Å²) >= 11 is 6.11. The third kappa shape index (κ3) is 5.79. The van der Waals surface area contributed by atoms with Crippen LogP contribution in [0.1, 0.15) is 36.6 Å². The monoisotopic (exact) mass is 800 g/mol. The number of methoxy groups -OCH3 is 2. The van der Waals surface area contributed by atoms with Crippen LogP contribution in [-0.4, -0.2) is 67.8 Å². The number of aliphatic hydroxyl groups excluding tert-OH is 1. The lowest BCUT2D eigenvalue weighted by molar-refractivity contribution is -0.129. The molecule has 4 heterocycles. The highest BCUT2D eigenvalue weighted by Crippen LogP contribution is 2.61. The van der Waals surface area contributed by atoms with Crippen molar-refractivity contribution in [1.82, 2.24) is 23.5 Å². The maximum absolute atomic E-state index is 14.6. The molecule has 5 aromatic rings. The Bertz CT molecular complexity index is 2700. The zero-order chi connectivity index (χ0) is 40.5. The van der Waals surface area contributed by atoms with Crippen molar-refractivity contribution in [2.45, 2.75) is 44.8 Å². The van der Waals surface area contributed by atoms with E-state index in [-0.39, 0.29) is 55.5 Å². The molecule has 2 aromatic heterocycles. The number of carbonyl (C=O) groups is 2. The number of aliphatic hydroxyl groups is 1. The fourth-order valence-electron chi connectivity index (χ4n) is 8.78. The molecule has 296 valence electrons. The van der Waals surface area contributed by atoms with Gasteiger partial charge in [0.25, 0.3) is 5.56 Å². The van der Waals surface area contributed by atoms with Crippen molar-refractivity contribution in [2.24, 2.45) is 18.4 Å². The largest absolute Gasteiger partial charge is 0.493 e. The number of imide groups is 1. The SMILES string of the molecule is COc1cc2nc(CCn3c(=O)n4n(c3=O)[C@@H]3C[C@H]5C(=O)N(c6ccc(F)c(Cl)c6)C(=O)[C@@]5(C)[C@@H](c5ccc(OCCO)cc5)C3=CC4)c(=O)n(C)c2cc1OC. The van der Waals surface area contributed by atoms with Crippen LogP contribution in [-0.2, 0) is 36.1 Å². The Kier molecular flexibility index (Phi) is 9.43. The van der Waals surface area contributed by atoms with Gasteiger partial charge in [0.2, 0.25) is 11.8 Å². The summed E-state index contributed by atoms with van der Waals surface area (Å²) in [5.74, 6) is -2.16. The molecule has 4 atom stereocenters. The van der Waals surface area contributed by atoms with E-state index in [1.807, 2.05) is 6.08 Å². The second-order valence-corrected chi connectivity index (χ2v) is 14.9. The highest BCUT2D eigenvalue weighted by Gasteiger charge is 2.65. The Morgan fingerprint density at radius 2 is 1.70 bits per heavy atom. The number of hydrogen-bond donors (Lipinski definition) is 1. The number of carbonyl (C=O) groups excluding carboxylic acids is 2. The third-order valence-corrected chi connectivity index (χ3v) is 11.9. The number of ether oxygens (including phenoxy) is 3. The van der Waals surface area contributed by atoms with Gasteiger partial charge in [0, 0.05) is 38.1 Å². The zero-order valence-corrected chi connectivity index (χ0v) is 32.2. The molecule has 2 aliphatic heterocycles. The summed E-state index contributed by atoms with van der Waals surface area (Å²) in [5.41, 5.74) is -0.489. The summed E-state index contributed by atoms with van der Waals surface area (Å²) < 4.78 is 35.7. The summed E-state index contributed by atoms with van der Waals surface area (Å²) in [5, 5.41) is 9.00. The second kappa shape index (κ2) is 14.2. The first kappa shape index (κ1) is 37.9. The summed E-state index contributed by atoms with van der Waals surface area (Å²) in [6.07, 6.45) is 1.79. The number of rotatable bonds is 10. The molecule has 17 heteroatoms. The minimum atomic E-state index is -1.36. The van der Waals surface area contributed by atoms with Crippen molar-refractivity contribution >= 4 is 40.1 Å². The predicted molar refractivity (Wildman–Crippen MR) is 206 cm³/mol. The number of aryl methyl sites for hydroxylation is 2. The Balaban J connectivity index is 1.19. The Labute approximate surface area is 328 Å². The fraction of sp³-hybridized carbons (Fsp3) is 0.350. The number of hydrogen-bond acceptors (Lipinski definition) is 10. The fourth-order valence-corrected chi connectivity index (χ4v) is 8.95. The Morgan fingerprint density at radius 1 is 0.982 bits per heavy atom. The molecule has 1 aliphatic carbocycles. The molecule has 3 aromatic carbocycles. The second-order valence-electron chi connectivity index (χ2n) is 14.5. The summed E-state index contributed by atoms with van der Waals surface area (Å²) in [6.45, 7) is 1.45. The summed E-state index contributed by atoms with van der Waals surface area (Å²) in [7, 11) is 4.57. The first-order valence-corrected chi connectivity index (χ1v) is 18.6. The number of nitrogens with zero attached hydrogens (tertiary/aromatic N) is 6. The van der Waals surface area contributed by atoms with Gasteiger partial charge in [-0.15, -0.1) is 0 Å². The molecular weight excluding hydrogens is 763 g/mol. The number of benzene rings is 3. The lowest BCUT2D eigenvalue weighted by Gasteiger charge is -2.47. The van der Waals surface area contributed by atoms with E-state index >= 15 is 0 Å². The summed E-state index contributed by atoms with van der Waals surface area (Å²) in [4.78, 5) is 76.5. The quantitative estimate of drug-likeness (QED) is 0.163. The predicted octanol–water partition coefficient (Wildman–Crippen LogP) is 3.35. The van der Waals surface area contributed by atoms with Crippen molar-refractivity contribution in [3.05, 3.63) is 120 Å². The molecule has 0 spiro atoms. The average Bonchev–Trinajstić information content (AvgIpc) is 3.57. The van der Waals surface area contributed by atoms with E-state index in [2.05, 4.69) is 4.98 Å². The van der Waals surface area contributed by atoms with Gasteiger partial charge in [-0.25, -0.2) is 37.8 Å². The van der Waals surface area contributed by atoms with Gasteiger partial charge in [-0.05, 0) is 54.8 Å². The van der Waals surface area contributed by atoms with Gasteiger partial charge in [-0.3, -0.25) is 14.4 Å².